The Hall–Kier alpha value is -1.46. The van der Waals surface area contributed by atoms with Crippen LogP contribution in [0.3, 0.4) is 0 Å². The molecule has 0 bridgehead atoms. The molecule has 0 aromatic heterocycles. The lowest BCUT2D eigenvalue weighted by Gasteiger charge is -2.49. The Morgan fingerprint density at radius 1 is 1.40 bits per heavy atom. The van der Waals surface area contributed by atoms with Crippen LogP contribution < -0.4 is 0 Å². The number of ether oxygens (including phenoxy) is 1. The van der Waals surface area contributed by atoms with Crippen molar-refractivity contribution in [2.45, 2.75) is 45.5 Å². The fourth-order valence-corrected chi connectivity index (χ4v) is 3.66. The summed E-state index contributed by atoms with van der Waals surface area (Å²) in [5.74, 6) is -2.65. The number of rotatable bonds is 0. The van der Waals surface area contributed by atoms with Crippen LogP contribution in [0.5, 0.6) is 0 Å². The first-order chi connectivity index (χ1) is 9.21. The Labute approximate surface area is 116 Å². The lowest BCUT2D eigenvalue weighted by atomic mass is 9.56. The number of esters is 1. The molecular formula is C15H18O5. The van der Waals surface area contributed by atoms with Crippen LogP contribution >= 0.6 is 0 Å². The summed E-state index contributed by atoms with van der Waals surface area (Å²) in [5, 5.41) is 21.2. The van der Waals surface area contributed by atoms with Crippen LogP contribution in [0, 0.1) is 11.3 Å². The minimum Gasteiger partial charge on any atom is -0.422 e. The zero-order valence-electron chi connectivity index (χ0n) is 11.8. The van der Waals surface area contributed by atoms with Crippen LogP contribution in [-0.2, 0) is 14.3 Å². The number of hydrogen-bond acceptors (Lipinski definition) is 5. The number of hydrogen-bond donors (Lipinski definition) is 2. The van der Waals surface area contributed by atoms with Crippen molar-refractivity contribution in [3.63, 3.8) is 0 Å². The summed E-state index contributed by atoms with van der Waals surface area (Å²) in [5.41, 5.74) is -0.0128. The van der Waals surface area contributed by atoms with E-state index in [0.29, 0.717) is 18.4 Å². The summed E-state index contributed by atoms with van der Waals surface area (Å²) < 4.78 is 4.97. The van der Waals surface area contributed by atoms with Crippen molar-refractivity contribution in [3.8, 4) is 0 Å². The van der Waals surface area contributed by atoms with Gasteiger partial charge in [0.15, 0.2) is 5.78 Å². The fourth-order valence-electron chi connectivity index (χ4n) is 3.66. The van der Waals surface area contributed by atoms with Gasteiger partial charge in [-0.05, 0) is 25.3 Å². The van der Waals surface area contributed by atoms with Crippen LogP contribution in [-0.4, -0.2) is 33.9 Å². The molecule has 1 heterocycles. The van der Waals surface area contributed by atoms with E-state index in [2.05, 4.69) is 0 Å². The molecule has 20 heavy (non-hydrogen) atoms. The van der Waals surface area contributed by atoms with Gasteiger partial charge in [0.05, 0.1) is 6.10 Å². The summed E-state index contributed by atoms with van der Waals surface area (Å²) in [7, 11) is 0. The molecule has 3 aliphatic rings. The predicted molar refractivity (Wildman–Crippen MR) is 69.3 cm³/mol. The van der Waals surface area contributed by atoms with Gasteiger partial charge < -0.3 is 14.9 Å². The van der Waals surface area contributed by atoms with Gasteiger partial charge in [-0.3, -0.25) is 4.79 Å². The third-order valence-electron chi connectivity index (χ3n) is 5.23. The third kappa shape index (κ3) is 1.39. The van der Waals surface area contributed by atoms with Crippen molar-refractivity contribution in [1.29, 1.82) is 0 Å². The highest BCUT2D eigenvalue weighted by atomic mass is 16.7. The van der Waals surface area contributed by atoms with Gasteiger partial charge in [-0.25, -0.2) is 4.79 Å². The van der Waals surface area contributed by atoms with Crippen LogP contribution in [0.15, 0.2) is 22.8 Å². The van der Waals surface area contributed by atoms with Crippen molar-refractivity contribution in [3.05, 3.63) is 22.8 Å². The second-order valence-electron chi connectivity index (χ2n) is 6.23. The molecule has 4 atom stereocenters. The molecule has 2 N–H and O–H groups in total. The van der Waals surface area contributed by atoms with Gasteiger partial charge in [0.2, 0.25) is 0 Å². The van der Waals surface area contributed by atoms with Crippen LogP contribution in [0.1, 0.15) is 33.6 Å². The van der Waals surface area contributed by atoms with Crippen LogP contribution in [0.25, 0.3) is 0 Å². The Bertz CT molecular complexity index is 587. The number of fused-ring (bicyclic) bond motifs is 2. The third-order valence-corrected chi connectivity index (χ3v) is 5.23. The number of ketones is 1. The first-order valence-electron chi connectivity index (χ1n) is 6.83. The van der Waals surface area contributed by atoms with E-state index in [4.69, 9.17) is 4.74 Å². The molecule has 1 saturated carbocycles. The summed E-state index contributed by atoms with van der Waals surface area (Å²) in [6.45, 7) is 5.31. The minimum absolute atomic E-state index is 0.0713. The number of aliphatic hydroxyl groups is 2. The standard InChI is InChI=1S/C15H18O5/c1-7-4-5-10(16)9-6-15(19)11(8(2)13(18)20-15)12(17)14(7,9)3/h6-7,12,17,19H,4-5H2,1-3H3/t7-,12+,14+,15+/m0/s1. The molecule has 1 fully saturated rings. The smallest absolute Gasteiger partial charge is 0.337 e. The van der Waals surface area contributed by atoms with E-state index < -0.39 is 23.3 Å². The molecule has 3 rings (SSSR count). The van der Waals surface area contributed by atoms with Crippen molar-refractivity contribution in [1.82, 2.24) is 0 Å². The molecule has 108 valence electrons. The molecule has 5 nitrogen and oxygen atoms in total. The van der Waals surface area contributed by atoms with Gasteiger partial charge in [-0.15, -0.1) is 0 Å². The van der Waals surface area contributed by atoms with E-state index in [1.807, 2.05) is 13.8 Å². The van der Waals surface area contributed by atoms with Crippen molar-refractivity contribution < 1.29 is 24.5 Å². The first kappa shape index (κ1) is 13.5. The highest BCUT2D eigenvalue weighted by Gasteiger charge is 2.60. The van der Waals surface area contributed by atoms with Gasteiger partial charge in [0.1, 0.15) is 0 Å². The largest absolute Gasteiger partial charge is 0.422 e. The molecule has 0 saturated heterocycles. The Kier molecular flexibility index (Phi) is 2.57. The van der Waals surface area contributed by atoms with Crippen molar-refractivity contribution in [2.75, 3.05) is 0 Å². The van der Waals surface area contributed by atoms with Gasteiger partial charge >= 0.3 is 5.97 Å². The van der Waals surface area contributed by atoms with Crippen LogP contribution in [0.2, 0.25) is 0 Å². The Morgan fingerprint density at radius 2 is 2.05 bits per heavy atom. The monoisotopic (exact) mass is 278 g/mol. The Morgan fingerprint density at radius 3 is 2.70 bits per heavy atom. The van der Waals surface area contributed by atoms with Gasteiger partial charge in [-0.2, -0.15) is 0 Å². The molecule has 0 radical (unpaired) electrons. The Balaban J connectivity index is 2.27. The summed E-state index contributed by atoms with van der Waals surface area (Å²) in [6, 6.07) is 0. The van der Waals surface area contributed by atoms with E-state index in [-0.39, 0.29) is 22.8 Å². The molecule has 0 aromatic carbocycles. The topological polar surface area (TPSA) is 83.8 Å². The molecule has 2 aliphatic carbocycles. The molecular weight excluding hydrogens is 260 g/mol. The second kappa shape index (κ2) is 3.80. The van der Waals surface area contributed by atoms with Gasteiger partial charge in [0.25, 0.3) is 5.79 Å². The SMILES string of the molecule is CC1=C2[C@@H](O)[C@@]3(C)C(=C[C@@]2(O)OC1=O)C(=O)CC[C@@H]3C. The average molecular weight is 278 g/mol. The normalized spacial score (nSPS) is 44.0. The number of aliphatic hydroxyl groups excluding tert-OH is 1. The maximum atomic E-state index is 12.2. The number of carbonyl (C=O) groups excluding carboxylic acids is 2. The van der Waals surface area contributed by atoms with Crippen molar-refractivity contribution in [2.24, 2.45) is 11.3 Å². The summed E-state index contributed by atoms with van der Waals surface area (Å²) in [4.78, 5) is 23.9. The summed E-state index contributed by atoms with van der Waals surface area (Å²) in [6.07, 6.45) is 1.29. The lowest BCUT2D eigenvalue weighted by Crippen LogP contribution is -2.54. The van der Waals surface area contributed by atoms with E-state index in [9.17, 15) is 19.8 Å². The molecule has 0 aromatic rings. The highest BCUT2D eigenvalue weighted by molar-refractivity contribution is 6.00. The lowest BCUT2D eigenvalue weighted by molar-refractivity contribution is -0.174. The van der Waals surface area contributed by atoms with E-state index in [0.717, 1.165) is 0 Å². The minimum atomic E-state index is -1.97. The fraction of sp³-hybridized carbons (Fsp3) is 0.600. The molecule has 0 unspecified atom stereocenters. The van der Waals surface area contributed by atoms with E-state index >= 15 is 0 Å². The second-order valence-corrected chi connectivity index (χ2v) is 6.23. The zero-order valence-corrected chi connectivity index (χ0v) is 11.8. The number of carbonyl (C=O) groups is 2. The van der Waals surface area contributed by atoms with Gasteiger partial charge in [-0.1, -0.05) is 13.8 Å². The average Bonchev–Trinajstić information content (AvgIpc) is 2.60. The van der Waals surface area contributed by atoms with E-state index in [1.54, 1.807) is 0 Å². The predicted octanol–water partition coefficient (Wildman–Crippen LogP) is 0.855. The van der Waals surface area contributed by atoms with Gasteiger partial charge in [0, 0.05) is 28.6 Å². The summed E-state index contributed by atoms with van der Waals surface area (Å²) >= 11 is 0. The maximum absolute atomic E-state index is 12.2. The molecule has 0 amide bonds. The molecule has 5 heteroatoms. The molecule has 1 aliphatic heterocycles. The van der Waals surface area contributed by atoms with Crippen molar-refractivity contribution >= 4 is 11.8 Å². The molecule has 0 spiro atoms. The maximum Gasteiger partial charge on any atom is 0.337 e. The zero-order chi connectivity index (χ0) is 14.9. The highest BCUT2D eigenvalue weighted by Crippen LogP contribution is 2.55. The van der Waals surface area contributed by atoms with E-state index in [1.165, 1.54) is 13.0 Å². The quantitative estimate of drug-likeness (QED) is 0.642. The first-order valence-corrected chi connectivity index (χ1v) is 6.83. The van der Waals surface area contributed by atoms with Crippen LogP contribution in [0.4, 0.5) is 0 Å². The number of Topliss-reactive ketones (excluding diaryl/α,β-unsaturated/α-hetero) is 1.